The molecule has 1 amide bonds. The van der Waals surface area contributed by atoms with Gasteiger partial charge in [0.1, 0.15) is 0 Å². The number of carbonyl (C=O) groups excluding carboxylic acids is 1. The minimum Gasteiger partial charge on any atom is -0.328 e. The number of aromatic nitrogens is 3. The van der Waals surface area contributed by atoms with Gasteiger partial charge in [-0.25, -0.2) is 8.42 Å². The van der Waals surface area contributed by atoms with Crippen molar-refractivity contribution in [2.75, 3.05) is 19.6 Å². The smallest absolute Gasteiger partial charge is 0.254 e. The standard InChI is InChI=1S/C21H23N5O3S/c27-21(16-7-5-8-17(15-16)30(28,29)24-11-3-4-12-24)25-14-6-9-18(25)20-23-22-19-10-1-2-13-26(19)20/h1-2,5,7-8,10,13,15,18H,3-4,6,9,11-12,14H2. The van der Waals surface area contributed by atoms with Crippen LogP contribution in [0, 0.1) is 0 Å². The zero-order valence-electron chi connectivity index (χ0n) is 16.5. The van der Waals surface area contributed by atoms with E-state index in [0.29, 0.717) is 25.2 Å². The third kappa shape index (κ3) is 3.18. The van der Waals surface area contributed by atoms with Gasteiger partial charge in [0.25, 0.3) is 5.91 Å². The second-order valence-electron chi connectivity index (χ2n) is 7.78. The van der Waals surface area contributed by atoms with E-state index in [1.54, 1.807) is 23.1 Å². The zero-order valence-corrected chi connectivity index (χ0v) is 17.3. The molecule has 9 heteroatoms. The monoisotopic (exact) mass is 425 g/mol. The predicted molar refractivity (Wildman–Crippen MR) is 110 cm³/mol. The molecule has 3 aromatic rings. The van der Waals surface area contributed by atoms with Crippen LogP contribution in [0.2, 0.25) is 0 Å². The number of nitrogens with zero attached hydrogens (tertiary/aromatic N) is 5. The van der Waals surface area contributed by atoms with Crippen LogP contribution >= 0.6 is 0 Å². The first kappa shape index (κ1) is 19.2. The molecule has 1 aromatic carbocycles. The fourth-order valence-corrected chi connectivity index (χ4v) is 5.96. The molecular formula is C21H23N5O3S. The molecule has 0 spiro atoms. The van der Waals surface area contributed by atoms with Crippen molar-refractivity contribution in [1.82, 2.24) is 23.8 Å². The van der Waals surface area contributed by atoms with Crippen LogP contribution in [0.3, 0.4) is 0 Å². The Morgan fingerprint density at radius 2 is 1.80 bits per heavy atom. The number of sulfonamides is 1. The van der Waals surface area contributed by atoms with Gasteiger partial charge in [0.15, 0.2) is 11.5 Å². The summed E-state index contributed by atoms with van der Waals surface area (Å²) in [6.07, 6.45) is 5.31. The fourth-order valence-electron chi connectivity index (χ4n) is 4.40. The van der Waals surface area contributed by atoms with Gasteiger partial charge in [0.05, 0.1) is 10.9 Å². The van der Waals surface area contributed by atoms with Crippen molar-refractivity contribution in [1.29, 1.82) is 0 Å². The molecule has 0 aliphatic carbocycles. The van der Waals surface area contributed by atoms with Crippen LogP contribution < -0.4 is 0 Å². The molecule has 2 aromatic heterocycles. The molecule has 0 bridgehead atoms. The summed E-state index contributed by atoms with van der Waals surface area (Å²) in [5, 5.41) is 8.54. The van der Waals surface area contributed by atoms with Gasteiger partial charge < -0.3 is 4.90 Å². The highest BCUT2D eigenvalue weighted by molar-refractivity contribution is 7.89. The molecule has 1 atom stereocenters. The van der Waals surface area contributed by atoms with Crippen LogP contribution in [-0.2, 0) is 10.0 Å². The second kappa shape index (κ2) is 7.48. The van der Waals surface area contributed by atoms with Crippen molar-refractivity contribution in [2.45, 2.75) is 36.6 Å². The highest BCUT2D eigenvalue weighted by Crippen LogP contribution is 2.33. The largest absolute Gasteiger partial charge is 0.328 e. The molecule has 0 radical (unpaired) electrons. The molecule has 30 heavy (non-hydrogen) atoms. The first-order chi connectivity index (χ1) is 14.6. The van der Waals surface area contributed by atoms with E-state index in [4.69, 9.17) is 0 Å². The molecule has 4 heterocycles. The molecule has 2 aliphatic rings. The van der Waals surface area contributed by atoms with Gasteiger partial charge in [0, 0.05) is 31.4 Å². The number of carbonyl (C=O) groups is 1. The van der Waals surface area contributed by atoms with E-state index in [9.17, 15) is 13.2 Å². The molecular weight excluding hydrogens is 402 g/mol. The average Bonchev–Trinajstić information content (AvgIpc) is 3.53. The van der Waals surface area contributed by atoms with Gasteiger partial charge >= 0.3 is 0 Å². The Bertz CT molecular complexity index is 1200. The lowest BCUT2D eigenvalue weighted by molar-refractivity contribution is 0.0729. The average molecular weight is 426 g/mol. The van der Waals surface area contributed by atoms with Crippen molar-refractivity contribution < 1.29 is 13.2 Å². The maximum absolute atomic E-state index is 13.3. The molecule has 156 valence electrons. The summed E-state index contributed by atoms with van der Waals surface area (Å²) in [5.41, 5.74) is 1.13. The Labute approximate surface area is 175 Å². The second-order valence-corrected chi connectivity index (χ2v) is 9.72. The lowest BCUT2D eigenvalue weighted by atomic mass is 10.1. The van der Waals surface area contributed by atoms with Crippen molar-refractivity contribution in [2.24, 2.45) is 0 Å². The van der Waals surface area contributed by atoms with Crippen molar-refractivity contribution in [3.8, 4) is 0 Å². The predicted octanol–water partition coefficient (Wildman–Crippen LogP) is 2.49. The van der Waals surface area contributed by atoms with Gasteiger partial charge in [-0.15, -0.1) is 10.2 Å². The van der Waals surface area contributed by atoms with Crippen LogP contribution in [0.15, 0.2) is 53.6 Å². The number of benzene rings is 1. The van der Waals surface area contributed by atoms with Crippen molar-refractivity contribution in [3.63, 3.8) is 0 Å². The lowest BCUT2D eigenvalue weighted by Gasteiger charge is -2.24. The third-order valence-electron chi connectivity index (χ3n) is 5.94. The molecule has 2 saturated heterocycles. The Kier molecular flexibility index (Phi) is 4.79. The highest BCUT2D eigenvalue weighted by atomic mass is 32.2. The van der Waals surface area contributed by atoms with E-state index in [1.165, 1.54) is 10.4 Å². The molecule has 8 nitrogen and oxygen atoms in total. The Morgan fingerprint density at radius 3 is 2.63 bits per heavy atom. The molecule has 2 fully saturated rings. The summed E-state index contributed by atoms with van der Waals surface area (Å²) in [5.74, 6) is 0.556. The number of hydrogen-bond donors (Lipinski definition) is 0. The van der Waals surface area contributed by atoms with E-state index in [1.807, 2.05) is 28.8 Å². The van der Waals surface area contributed by atoms with Gasteiger partial charge in [-0.05, 0) is 56.0 Å². The minimum absolute atomic E-state index is 0.177. The van der Waals surface area contributed by atoms with Crippen molar-refractivity contribution in [3.05, 3.63) is 60.0 Å². The summed E-state index contributed by atoms with van der Waals surface area (Å²) in [6.45, 7) is 1.68. The third-order valence-corrected chi connectivity index (χ3v) is 7.83. The van der Waals surface area contributed by atoms with Crippen molar-refractivity contribution >= 4 is 21.6 Å². The molecule has 0 N–H and O–H groups in total. The van der Waals surface area contributed by atoms with E-state index in [2.05, 4.69) is 10.2 Å². The van der Waals surface area contributed by atoms with Gasteiger partial charge in [0.2, 0.25) is 10.0 Å². The Hall–Kier alpha value is -2.78. The fraction of sp³-hybridized carbons (Fsp3) is 0.381. The number of hydrogen-bond acceptors (Lipinski definition) is 5. The maximum atomic E-state index is 13.3. The highest BCUT2D eigenvalue weighted by Gasteiger charge is 2.34. The number of fused-ring (bicyclic) bond motifs is 1. The summed E-state index contributed by atoms with van der Waals surface area (Å²) in [7, 11) is -3.57. The molecule has 0 saturated carbocycles. The normalized spacial score (nSPS) is 20.3. The van der Waals surface area contributed by atoms with Gasteiger partial charge in [-0.1, -0.05) is 12.1 Å². The van der Waals surface area contributed by atoms with E-state index in [0.717, 1.165) is 37.2 Å². The number of likely N-dealkylation sites (tertiary alicyclic amines) is 1. The summed E-state index contributed by atoms with van der Waals surface area (Å²) in [4.78, 5) is 15.3. The van der Waals surface area contributed by atoms with Crippen LogP contribution in [0.1, 0.15) is 47.9 Å². The van der Waals surface area contributed by atoms with Crippen LogP contribution in [0.4, 0.5) is 0 Å². The van der Waals surface area contributed by atoms with E-state index in [-0.39, 0.29) is 16.8 Å². The first-order valence-corrected chi connectivity index (χ1v) is 11.7. The Balaban J connectivity index is 1.45. The van der Waals surface area contributed by atoms with Gasteiger partial charge in [-0.3, -0.25) is 9.20 Å². The summed E-state index contributed by atoms with van der Waals surface area (Å²) in [6, 6.07) is 11.9. The molecule has 5 rings (SSSR count). The molecule has 1 unspecified atom stereocenters. The van der Waals surface area contributed by atoms with Crippen LogP contribution in [0.5, 0.6) is 0 Å². The minimum atomic E-state index is -3.57. The summed E-state index contributed by atoms with van der Waals surface area (Å²) < 4.78 is 29.2. The zero-order chi connectivity index (χ0) is 20.7. The lowest BCUT2D eigenvalue weighted by Crippen LogP contribution is -2.32. The van der Waals surface area contributed by atoms with E-state index < -0.39 is 10.0 Å². The number of amides is 1. The van der Waals surface area contributed by atoms with E-state index >= 15 is 0 Å². The topological polar surface area (TPSA) is 87.9 Å². The summed E-state index contributed by atoms with van der Waals surface area (Å²) >= 11 is 0. The van der Waals surface area contributed by atoms with Crippen LogP contribution in [0.25, 0.3) is 5.65 Å². The Morgan fingerprint density at radius 1 is 0.967 bits per heavy atom. The SMILES string of the molecule is O=C(c1cccc(S(=O)(=O)N2CCCC2)c1)N1CCCC1c1nnc2ccccn12. The maximum Gasteiger partial charge on any atom is 0.254 e. The number of pyridine rings is 1. The quantitative estimate of drug-likeness (QED) is 0.641. The molecule has 2 aliphatic heterocycles. The first-order valence-electron chi connectivity index (χ1n) is 10.3. The van der Waals surface area contributed by atoms with Crippen LogP contribution in [-0.4, -0.2) is 57.8 Å². The van der Waals surface area contributed by atoms with Gasteiger partial charge in [-0.2, -0.15) is 4.31 Å². The number of rotatable bonds is 4.